The van der Waals surface area contributed by atoms with Crippen molar-refractivity contribution in [3.63, 3.8) is 0 Å². The van der Waals surface area contributed by atoms with Gasteiger partial charge in [0.05, 0.1) is 12.1 Å². The van der Waals surface area contributed by atoms with Gasteiger partial charge < -0.3 is 10.1 Å². The highest BCUT2D eigenvalue weighted by atomic mass is 35.5. The molecule has 1 aromatic rings. The van der Waals surface area contributed by atoms with E-state index in [1.165, 1.54) is 5.56 Å². The van der Waals surface area contributed by atoms with E-state index in [2.05, 4.69) is 23.2 Å². The number of nitrogens with zero attached hydrogens (tertiary/aromatic N) is 1. The first-order valence-corrected chi connectivity index (χ1v) is 6.35. The molecule has 2 rings (SSSR count). The van der Waals surface area contributed by atoms with Crippen molar-refractivity contribution in [2.24, 2.45) is 0 Å². The topological polar surface area (TPSA) is 24.5 Å². The predicted molar refractivity (Wildman–Crippen MR) is 70.7 cm³/mol. The van der Waals surface area contributed by atoms with Gasteiger partial charge in [0.1, 0.15) is 5.75 Å². The summed E-state index contributed by atoms with van der Waals surface area (Å²) in [5.74, 6) is 0.757. The Kier molecular flexibility index (Phi) is 4.26. The summed E-state index contributed by atoms with van der Waals surface area (Å²) in [6.07, 6.45) is 0. The van der Waals surface area contributed by atoms with Crippen LogP contribution in [-0.2, 0) is 6.54 Å². The fraction of sp³-hybridized carbons (Fsp3) is 0.538. The highest BCUT2D eigenvalue weighted by Gasteiger charge is 2.15. The van der Waals surface area contributed by atoms with E-state index in [9.17, 15) is 0 Å². The van der Waals surface area contributed by atoms with E-state index in [4.69, 9.17) is 16.3 Å². The van der Waals surface area contributed by atoms with Gasteiger partial charge in [-0.3, -0.25) is 4.90 Å². The van der Waals surface area contributed by atoms with Crippen LogP contribution in [0.15, 0.2) is 18.2 Å². The zero-order valence-corrected chi connectivity index (χ0v) is 11.1. The molecule has 1 fully saturated rings. The Morgan fingerprint density at radius 3 is 3.06 bits per heavy atom. The summed E-state index contributed by atoms with van der Waals surface area (Å²) in [4.78, 5) is 2.45. The molecule has 0 bridgehead atoms. The minimum atomic E-state index is 0.568. The van der Waals surface area contributed by atoms with Crippen molar-refractivity contribution in [1.82, 2.24) is 10.2 Å². The third-order valence-electron chi connectivity index (χ3n) is 3.07. The molecule has 1 saturated heterocycles. The van der Waals surface area contributed by atoms with Crippen LogP contribution in [0.25, 0.3) is 0 Å². The molecule has 94 valence electrons. The van der Waals surface area contributed by atoms with Crippen LogP contribution in [0.2, 0.25) is 5.02 Å². The first-order valence-electron chi connectivity index (χ1n) is 5.97. The lowest BCUT2D eigenvalue weighted by molar-refractivity contribution is 0.199. The van der Waals surface area contributed by atoms with Crippen LogP contribution in [0.4, 0.5) is 0 Å². The number of methoxy groups -OCH3 is 1. The molecule has 1 aliphatic heterocycles. The number of hydrogen-bond acceptors (Lipinski definition) is 3. The largest absolute Gasteiger partial charge is 0.495 e. The van der Waals surface area contributed by atoms with Crippen molar-refractivity contribution in [3.05, 3.63) is 28.8 Å². The van der Waals surface area contributed by atoms with Crippen molar-refractivity contribution in [2.75, 3.05) is 26.7 Å². The maximum absolute atomic E-state index is 6.01. The molecule has 0 amide bonds. The van der Waals surface area contributed by atoms with Crippen molar-refractivity contribution in [2.45, 2.75) is 19.5 Å². The quantitative estimate of drug-likeness (QED) is 0.895. The molecule has 1 N–H and O–H groups in total. The van der Waals surface area contributed by atoms with E-state index >= 15 is 0 Å². The highest BCUT2D eigenvalue weighted by molar-refractivity contribution is 6.32. The Morgan fingerprint density at radius 1 is 1.53 bits per heavy atom. The van der Waals surface area contributed by atoms with Gasteiger partial charge in [0.15, 0.2) is 0 Å². The third kappa shape index (κ3) is 3.35. The number of hydrogen-bond donors (Lipinski definition) is 1. The summed E-state index contributed by atoms with van der Waals surface area (Å²) in [6, 6.07) is 6.56. The minimum Gasteiger partial charge on any atom is -0.495 e. The van der Waals surface area contributed by atoms with Gasteiger partial charge in [-0.25, -0.2) is 0 Å². The lowest BCUT2D eigenvalue weighted by Gasteiger charge is -2.31. The average molecular weight is 255 g/mol. The monoisotopic (exact) mass is 254 g/mol. The van der Waals surface area contributed by atoms with Crippen molar-refractivity contribution >= 4 is 11.6 Å². The van der Waals surface area contributed by atoms with Crippen LogP contribution in [-0.4, -0.2) is 37.7 Å². The molecule has 1 aliphatic rings. The fourth-order valence-corrected chi connectivity index (χ4v) is 2.41. The Labute approximate surface area is 108 Å². The Bertz CT molecular complexity index is 384. The van der Waals surface area contributed by atoms with Gasteiger partial charge in [0, 0.05) is 32.2 Å². The van der Waals surface area contributed by atoms with Crippen LogP contribution < -0.4 is 10.1 Å². The van der Waals surface area contributed by atoms with Gasteiger partial charge in [-0.2, -0.15) is 0 Å². The third-order valence-corrected chi connectivity index (χ3v) is 3.39. The first kappa shape index (κ1) is 12.7. The minimum absolute atomic E-state index is 0.568. The van der Waals surface area contributed by atoms with Crippen LogP contribution >= 0.6 is 11.6 Å². The van der Waals surface area contributed by atoms with E-state index in [0.717, 1.165) is 31.9 Å². The summed E-state index contributed by atoms with van der Waals surface area (Å²) in [7, 11) is 1.65. The standard InChI is InChI=1S/C13H19ClN2O/c1-10-8-16(6-5-15-10)9-11-3-4-12(14)13(7-11)17-2/h3-4,7,10,15H,5-6,8-9H2,1-2H3. The van der Waals surface area contributed by atoms with Crippen molar-refractivity contribution in [3.8, 4) is 5.75 Å². The van der Waals surface area contributed by atoms with Gasteiger partial charge in [-0.15, -0.1) is 0 Å². The normalized spacial score (nSPS) is 21.5. The van der Waals surface area contributed by atoms with Gasteiger partial charge in [-0.1, -0.05) is 17.7 Å². The number of nitrogens with one attached hydrogen (secondary N) is 1. The van der Waals surface area contributed by atoms with Gasteiger partial charge in [0.2, 0.25) is 0 Å². The van der Waals surface area contributed by atoms with Crippen LogP contribution in [0.5, 0.6) is 5.75 Å². The molecule has 0 saturated carbocycles. The van der Waals surface area contributed by atoms with Crippen LogP contribution in [0, 0.1) is 0 Å². The van der Waals surface area contributed by atoms with Gasteiger partial charge in [-0.05, 0) is 24.6 Å². The second-order valence-corrected chi connectivity index (χ2v) is 4.97. The van der Waals surface area contributed by atoms with Crippen molar-refractivity contribution < 1.29 is 4.74 Å². The molecule has 0 spiro atoms. The second-order valence-electron chi connectivity index (χ2n) is 4.56. The lowest BCUT2D eigenvalue weighted by atomic mass is 10.1. The first-order chi connectivity index (χ1) is 8.19. The lowest BCUT2D eigenvalue weighted by Crippen LogP contribution is -2.48. The number of rotatable bonds is 3. The van der Waals surface area contributed by atoms with Crippen LogP contribution in [0.1, 0.15) is 12.5 Å². The van der Waals surface area contributed by atoms with Gasteiger partial charge >= 0.3 is 0 Å². The molecule has 1 heterocycles. The number of halogens is 1. The van der Waals surface area contributed by atoms with E-state index in [0.29, 0.717) is 11.1 Å². The molecule has 3 nitrogen and oxygen atoms in total. The predicted octanol–water partition coefficient (Wildman–Crippen LogP) is 2.14. The second kappa shape index (κ2) is 5.71. The number of ether oxygens (including phenoxy) is 1. The molecule has 4 heteroatoms. The smallest absolute Gasteiger partial charge is 0.137 e. The summed E-state index contributed by atoms with van der Waals surface area (Å²) in [6.45, 7) is 6.42. The summed E-state index contributed by atoms with van der Waals surface area (Å²) in [5, 5.41) is 4.11. The summed E-state index contributed by atoms with van der Waals surface area (Å²) in [5.41, 5.74) is 1.25. The molecule has 0 aliphatic carbocycles. The van der Waals surface area contributed by atoms with Crippen molar-refractivity contribution in [1.29, 1.82) is 0 Å². The zero-order valence-electron chi connectivity index (χ0n) is 10.4. The van der Waals surface area contributed by atoms with E-state index in [1.54, 1.807) is 7.11 Å². The molecular weight excluding hydrogens is 236 g/mol. The molecule has 1 aromatic carbocycles. The molecule has 0 aromatic heterocycles. The SMILES string of the molecule is COc1cc(CN2CCNC(C)C2)ccc1Cl. The average Bonchev–Trinajstić information content (AvgIpc) is 2.32. The Morgan fingerprint density at radius 2 is 2.35 bits per heavy atom. The fourth-order valence-electron chi connectivity index (χ4n) is 2.22. The van der Waals surface area contributed by atoms with Crippen LogP contribution in [0.3, 0.4) is 0 Å². The summed E-state index contributed by atoms with van der Waals surface area (Å²) < 4.78 is 5.23. The highest BCUT2D eigenvalue weighted by Crippen LogP contribution is 2.25. The van der Waals surface area contributed by atoms with E-state index in [-0.39, 0.29) is 0 Å². The zero-order chi connectivity index (χ0) is 12.3. The maximum Gasteiger partial charge on any atom is 0.137 e. The molecule has 0 radical (unpaired) electrons. The van der Waals surface area contributed by atoms with E-state index in [1.807, 2.05) is 12.1 Å². The maximum atomic E-state index is 6.01. The van der Waals surface area contributed by atoms with E-state index < -0.39 is 0 Å². The van der Waals surface area contributed by atoms with Gasteiger partial charge in [0.25, 0.3) is 0 Å². The molecule has 1 atom stereocenters. The molecular formula is C13H19ClN2O. The number of piperazine rings is 1. The summed E-state index contributed by atoms with van der Waals surface area (Å²) >= 11 is 6.01. The molecule has 1 unspecified atom stereocenters. The Hall–Kier alpha value is -0.770. The number of benzene rings is 1. The molecule has 17 heavy (non-hydrogen) atoms. The Balaban J connectivity index is 2.02.